The van der Waals surface area contributed by atoms with Crippen molar-refractivity contribution in [1.29, 1.82) is 0 Å². The maximum Gasteiger partial charge on any atom is 0.248 e. The average Bonchev–Trinajstić information content (AvgIpc) is 3.13. The third-order valence-electron chi connectivity index (χ3n) is 4.83. The number of thiophene rings is 1. The summed E-state index contributed by atoms with van der Waals surface area (Å²) < 4.78 is 2.21. The van der Waals surface area contributed by atoms with Gasteiger partial charge < -0.3 is 0 Å². The second-order valence-electron chi connectivity index (χ2n) is 6.26. The molecule has 0 amide bonds. The highest BCUT2D eigenvalue weighted by atomic mass is 32.1. The van der Waals surface area contributed by atoms with Gasteiger partial charge in [0.15, 0.2) is 0 Å². The van der Waals surface area contributed by atoms with Gasteiger partial charge in [0.1, 0.15) is 17.0 Å². The first-order chi connectivity index (χ1) is 10.2. The Bertz CT molecular complexity index is 732. The minimum absolute atomic E-state index is 0.196. The molecule has 2 aliphatic heterocycles. The molecule has 7 heteroatoms. The number of aromatic nitrogens is 3. The molecule has 4 heterocycles. The first-order valence-corrected chi connectivity index (χ1v) is 8.38. The summed E-state index contributed by atoms with van der Waals surface area (Å²) in [5.74, 6) is 2.65. The lowest BCUT2D eigenvalue weighted by Gasteiger charge is -2.31. The molecule has 1 saturated heterocycles. The van der Waals surface area contributed by atoms with E-state index in [1.807, 2.05) is 18.3 Å². The van der Waals surface area contributed by atoms with Crippen molar-refractivity contribution >= 4 is 17.3 Å². The lowest BCUT2D eigenvalue weighted by molar-refractivity contribution is 0.495. The van der Waals surface area contributed by atoms with Gasteiger partial charge in [-0.1, -0.05) is 6.92 Å². The van der Waals surface area contributed by atoms with Gasteiger partial charge in [-0.15, -0.1) is 21.5 Å². The van der Waals surface area contributed by atoms with Crippen molar-refractivity contribution in [1.82, 2.24) is 25.5 Å². The molecule has 0 radical (unpaired) electrons. The van der Waals surface area contributed by atoms with Crippen LogP contribution in [0.25, 0.3) is 5.00 Å². The quantitative estimate of drug-likeness (QED) is 0.775. The van der Waals surface area contributed by atoms with Gasteiger partial charge in [0.05, 0.1) is 6.67 Å². The van der Waals surface area contributed by atoms with E-state index in [0.29, 0.717) is 0 Å². The number of aryl methyl sites for hydroxylation is 2. The molecule has 0 saturated carbocycles. The summed E-state index contributed by atoms with van der Waals surface area (Å²) >= 11 is 1.94. The Hall–Kier alpha value is -1.44. The Kier molecular flexibility index (Phi) is 2.34. The Balaban J connectivity index is 1.80. The van der Waals surface area contributed by atoms with Gasteiger partial charge in [0.25, 0.3) is 0 Å². The highest BCUT2D eigenvalue weighted by Gasteiger charge is 2.41. The summed E-state index contributed by atoms with van der Waals surface area (Å²) in [6.07, 6.45) is 3.91. The molecular formula is C14H18N6S. The predicted octanol–water partition coefficient (Wildman–Crippen LogP) is 1.65. The molecule has 0 aromatic carbocycles. The van der Waals surface area contributed by atoms with Crippen molar-refractivity contribution in [2.24, 2.45) is 5.92 Å². The van der Waals surface area contributed by atoms with E-state index < -0.39 is 0 Å². The van der Waals surface area contributed by atoms with Crippen molar-refractivity contribution in [3.8, 4) is 5.00 Å². The molecular weight excluding hydrogens is 284 g/mol. The Morgan fingerprint density at radius 3 is 3.14 bits per heavy atom. The number of nitrogens with one attached hydrogen (secondary N) is 2. The van der Waals surface area contributed by atoms with Crippen LogP contribution in [0.2, 0.25) is 0 Å². The van der Waals surface area contributed by atoms with E-state index in [0.717, 1.165) is 24.4 Å². The van der Waals surface area contributed by atoms with Crippen LogP contribution in [-0.2, 0) is 12.8 Å². The molecule has 0 bridgehead atoms. The molecule has 2 atom stereocenters. The zero-order valence-corrected chi connectivity index (χ0v) is 13.0. The second-order valence-corrected chi connectivity index (χ2v) is 7.35. The van der Waals surface area contributed by atoms with Crippen molar-refractivity contribution in [3.63, 3.8) is 0 Å². The molecule has 1 aliphatic carbocycles. The Morgan fingerprint density at radius 1 is 1.33 bits per heavy atom. The highest BCUT2D eigenvalue weighted by Crippen LogP contribution is 2.47. The van der Waals surface area contributed by atoms with Gasteiger partial charge >= 0.3 is 0 Å². The number of fused-ring (bicyclic) bond motifs is 8. The van der Waals surface area contributed by atoms with Crippen LogP contribution in [0.15, 0.2) is 0 Å². The molecule has 2 aromatic rings. The van der Waals surface area contributed by atoms with Gasteiger partial charge in [-0.05, 0) is 37.7 Å². The van der Waals surface area contributed by atoms with Crippen LogP contribution >= 0.6 is 11.3 Å². The summed E-state index contributed by atoms with van der Waals surface area (Å²) in [7, 11) is 0. The third kappa shape index (κ3) is 1.48. The molecule has 1 unspecified atom stereocenters. The van der Waals surface area contributed by atoms with Crippen LogP contribution in [-0.4, -0.2) is 21.4 Å². The summed E-state index contributed by atoms with van der Waals surface area (Å²) in [4.78, 5) is 1.56. The van der Waals surface area contributed by atoms with E-state index in [9.17, 15) is 0 Å². The second kappa shape index (κ2) is 4.06. The largest absolute Gasteiger partial charge is 0.278 e. The van der Waals surface area contributed by atoms with Gasteiger partial charge in [0, 0.05) is 10.4 Å². The van der Waals surface area contributed by atoms with Crippen LogP contribution < -0.4 is 15.8 Å². The number of rotatable bonds is 0. The Morgan fingerprint density at radius 2 is 2.24 bits per heavy atom. The van der Waals surface area contributed by atoms with Crippen molar-refractivity contribution in [2.45, 2.75) is 39.3 Å². The van der Waals surface area contributed by atoms with Gasteiger partial charge in [-0.25, -0.2) is 5.43 Å². The fraction of sp³-hybridized carbons (Fsp3) is 0.571. The maximum absolute atomic E-state index is 4.36. The lowest BCUT2D eigenvalue weighted by Crippen LogP contribution is -2.39. The molecule has 5 rings (SSSR count). The molecule has 3 aliphatic rings. The number of hydrogen-bond acceptors (Lipinski definition) is 6. The standard InChI is InChI=1S/C14H18N6S/c1-7-3-4-10-9(5-7)11-12-15-6-16-20(12)14-18-17-8(2)19(14)13(11)21-10/h7,12,15-16H,3-6H2,1-2H3/t7-,12?/m1/s1. The van der Waals surface area contributed by atoms with Gasteiger partial charge in [0.2, 0.25) is 5.95 Å². The SMILES string of the molecule is Cc1nnc2n1-c1sc3c(c1C1NCNN21)C[C@H](C)CC3. The van der Waals surface area contributed by atoms with E-state index in [-0.39, 0.29) is 6.17 Å². The number of nitrogens with zero attached hydrogens (tertiary/aromatic N) is 4. The average molecular weight is 302 g/mol. The molecule has 21 heavy (non-hydrogen) atoms. The fourth-order valence-corrected chi connectivity index (χ4v) is 5.21. The van der Waals surface area contributed by atoms with Crippen LogP contribution in [0.5, 0.6) is 0 Å². The van der Waals surface area contributed by atoms with E-state index in [1.165, 1.54) is 29.8 Å². The van der Waals surface area contributed by atoms with E-state index in [4.69, 9.17) is 0 Å². The molecule has 2 aromatic heterocycles. The zero-order valence-electron chi connectivity index (χ0n) is 12.2. The number of hydrogen-bond donors (Lipinski definition) is 2. The molecule has 1 fully saturated rings. The summed E-state index contributed by atoms with van der Waals surface area (Å²) in [6.45, 7) is 5.17. The van der Waals surface area contributed by atoms with Crippen LogP contribution in [0.1, 0.15) is 41.3 Å². The van der Waals surface area contributed by atoms with E-state index >= 15 is 0 Å². The fourth-order valence-electron chi connectivity index (χ4n) is 3.79. The third-order valence-corrected chi connectivity index (χ3v) is 6.12. The minimum Gasteiger partial charge on any atom is -0.278 e. The topological polar surface area (TPSA) is 58.0 Å². The molecule has 110 valence electrons. The van der Waals surface area contributed by atoms with Gasteiger partial charge in [-0.3, -0.25) is 14.9 Å². The van der Waals surface area contributed by atoms with Crippen LogP contribution in [0.3, 0.4) is 0 Å². The highest BCUT2D eigenvalue weighted by molar-refractivity contribution is 7.15. The first-order valence-electron chi connectivity index (χ1n) is 7.57. The van der Waals surface area contributed by atoms with Crippen LogP contribution in [0.4, 0.5) is 5.95 Å². The Labute approximate surface area is 127 Å². The molecule has 2 N–H and O–H groups in total. The lowest BCUT2D eigenvalue weighted by atomic mass is 9.87. The summed E-state index contributed by atoms with van der Waals surface area (Å²) in [6, 6.07) is 0. The van der Waals surface area contributed by atoms with Crippen molar-refractivity contribution in [3.05, 3.63) is 21.8 Å². The van der Waals surface area contributed by atoms with Crippen molar-refractivity contribution < 1.29 is 0 Å². The molecule has 0 spiro atoms. The normalized spacial score (nSPS) is 26.3. The number of anilines is 1. The smallest absolute Gasteiger partial charge is 0.248 e. The summed E-state index contributed by atoms with van der Waals surface area (Å²) in [5.41, 5.74) is 6.39. The van der Waals surface area contributed by atoms with Gasteiger partial charge in [-0.2, -0.15) is 0 Å². The van der Waals surface area contributed by atoms with E-state index in [1.54, 1.807) is 10.4 Å². The van der Waals surface area contributed by atoms with Crippen molar-refractivity contribution in [2.75, 3.05) is 11.7 Å². The zero-order chi connectivity index (χ0) is 14.1. The predicted molar refractivity (Wildman–Crippen MR) is 81.5 cm³/mol. The monoisotopic (exact) mass is 302 g/mol. The first kappa shape index (κ1) is 12.1. The molecule has 6 nitrogen and oxygen atoms in total. The minimum atomic E-state index is 0.196. The van der Waals surface area contributed by atoms with Crippen LogP contribution in [0, 0.1) is 12.8 Å². The maximum atomic E-state index is 4.36. The number of hydrazine groups is 1. The summed E-state index contributed by atoms with van der Waals surface area (Å²) in [5, 5.41) is 15.7. The van der Waals surface area contributed by atoms with E-state index in [2.05, 4.69) is 37.4 Å².